The minimum Gasteiger partial charge on any atom is -0.294 e. The van der Waals surface area contributed by atoms with E-state index in [0.717, 1.165) is 0 Å². The summed E-state index contributed by atoms with van der Waals surface area (Å²) >= 11 is 1.39. The molecule has 0 bridgehead atoms. The lowest BCUT2D eigenvalue weighted by Gasteiger charge is -1.87. The second kappa shape index (κ2) is 2.68. The third-order valence-corrected chi connectivity index (χ3v) is 2.16. The number of rotatable bonds is 1. The minimum absolute atomic E-state index is 0.0444. The summed E-state index contributed by atoms with van der Waals surface area (Å²) in [5.41, 5.74) is 0.706. The lowest BCUT2D eigenvalue weighted by Crippen LogP contribution is -1.88. The fourth-order valence-electron chi connectivity index (χ4n) is 0.696. The summed E-state index contributed by atoms with van der Waals surface area (Å²) in [6, 6.07) is 1.78. The van der Waals surface area contributed by atoms with Gasteiger partial charge in [-0.05, 0) is 18.4 Å². The highest BCUT2D eigenvalue weighted by molar-refractivity contribution is 7.12. The van der Waals surface area contributed by atoms with Gasteiger partial charge in [-0.2, -0.15) is 0 Å². The highest BCUT2D eigenvalue weighted by atomic mass is 32.1. The Morgan fingerprint density at radius 2 is 2.50 bits per heavy atom. The van der Waals surface area contributed by atoms with E-state index in [-0.39, 0.29) is 5.78 Å². The molecular weight excluding hydrogens is 144 g/mol. The molecule has 0 aliphatic rings. The molecule has 0 amide bonds. The van der Waals surface area contributed by atoms with Crippen LogP contribution < -0.4 is 0 Å². The van der Waals surface area contributed by atoms with Crippen LogP contribution in [-0.2, 0) is 0 Å². The van der Waals surface area contributed by atoms with Crippen LogP contribution in [0.4, 0.5) is 0 Å². The maximum Gasteiger partial charge on any atom is 0.170 e. The third-order valence-electron chi connectivity index (χ3n) is 1.14. The third kappa shape index (κ3) is 1.09. The Labute approximate surface area is 63.7 Å². The average molecular weight is 150 g/mol. The van der Waals surface area contributed by atoms with E-state index in [2.05, 4.69) is 5.92 Å². The van der Waals surface area contributed by atoms with Gasteiger partial charge in [-0.25, -0.2) is 0 Å². The molecule has 2 heteroatoms. The van der Waals surface area contributed by atoms with E-state index >= 15 is 0 Å². The topological polar surface area (TPSA) is 17.1 Å². The molecule has 0 atom stereocenters. The molecule has 0 fully saturated rings. The van der Waals surface area contributed by atoms with Crippen LogP contribution in [0.25, 0.3) is 0 Å². The lowest BCUT2D eigenvalue weighted by molar-refractivity contribution is 0.102. The molecular formula is C8H6OS. The number of Topliss-reactive ketones (excluding diaryl/α,β-unsaturated/α-hetero) is 1. The molecule has 10 heavy (non-hydrogen) atoms. The molecule has 0 saturated carbocycles. The summed E-state index contributed by atoms with van der Waals surface area (Å²) in [6.45, 7) is 1.52. The Bertz CT molecular complexity index is 290. The molecule has 1 aromatic heterocycles. The van der Waals surface area contributed by atoms with Crippen LogP contribution in [0.2, 0.25) is 0 Å². The van der Waals surface area contributed by atoms with Crippen LogP contribution in [0.1, 0.15) is 22.2 Å². The number of carbonyl (C=O) groups is 1. The molecule has 0 saturated heterocycles. The van der Waals surface area contributed by atoms with Crippen molar-refractivity contribution in [2.45, 2.75) is 6.92 Å². The van der Waals surface area contributed by atoms with Crippen LogP contribution in [0.15, 0.2) is 11.4 Å². The zero-order chi connectivity index (χ0) is 7.56. The summed E-state index contributed by atoms with van der Waals surface area (Å²) in [6.07, 6.45) is 5.14. The van der Waals surface area contributed by atoms with Crippen molar-refractivity contribution in [2.24, 2.45) is 0 Å². The SMILES string of the molecule is C#Cc1ccsc1C(C)=O. The Balaban J connectivity index is 3.17. The van der Waals surface area contributed by atoms with Crippen molar-refractivity contribution in [1.82, 2.24) is 0 Å². The quantitative estimate of drug-likeness (QED) is 0.441. The van der Waals surface area contributed by atoms with Gasteiger partial charge in [0.25, 0.3) is 0 Å². The van der Waals surface area contributed by atoms with Crippen LogP contribution in [-0.4, -0.2) is 5.78 Å². The van der Waals surface area contributed by atoms with Gasteiger partial charge in [0.2, 0.25) is 0 Å². The number of hydrogen-bond acceptors (Lipinski definition) is 2. The molecule has 0 radical (unpaired) electrons. The van der Waals surface area contributed by atoms with E-state index in [1.54, 1.807) is 6.07 Å². The number of carbonyl (C=O) groups excluding carboxylic acids is 1. The molecule has 1 heterocycles. The first kappa shape index (κ1) is 7.04. The van der Waals surface area contributed by atoms with Gasteiger partial charge in [0.1, 0.15) is 0 Å². The van der Waals surface area contributed by atoms with Crippen LogP contribution in [0.5, 0.6) is 0 Å². The molecule has 1 nitrogen and oxygen atoms in total. The summed E-state index contributed by atoms with van der Waals surface area (Å²) < 4.78 is 0. The smallest absolute Gasteiger partial charge is 0.170 e. The Kier molecular flexibility index (Phi) is 1.88. The molecule has 0 unspecified atom stereocenters. The van der Waals surface area contributed by atoms with Crippen molar-refractivity contribution >= 4 is 17.1 Å². The summed E-state index contributed by atoms with van der Waals surface area (Å²) in [5.74, 6) is 2.49. The highest BCUT2D eigenvalue weighted by Crippen LogP contribution is 2.15. The summed E-state index contributed by atoms with van der Waals surface area (Å²) in [4.78, 5) is 11.5. The number of hydrogen-bond donors (Lipinski definition) is 0. The fourth-order valence-corrected chi connectivity index (χ4v) is 1.46. The predicted octanol–water partition coefficient (Wildman–Crippen LogP) is 1.93. The standard InChI is InChI=1S/C8H6OS/c1-3-7-4-5-10-8(7)6(2)9/h1,4-5H,2H3. The van der Waals surface area contributed by atoms with Crippen molar-refractivity contribution < 1.29 is 4.79 Å². The number of ketones is 1. The minimum atomic E-state index is 0.0444. The molecule has 0 aromatic carbocycles. The van der Waals surface area contributed by atoms with Crippen LogP contribution in [0.3, 0.4) is 0 Å². The van der Waals surface area contributed by atoms with Crippen molar-refractivity contribution in [2.75, 3.05) is 0 Å². The Morgan fingerprint density at radius 1 is 1.80 bits per heavy atom. The first-order valence-electron chi connectivity index (χ1n) is 2.80. The van der Waals surface area contributed by atoms with E-state index in [1.807, 2.05) is 5.38 Å². The maximum absolute atomic E-state index is 10.8. The van der Waals surface area contributed by atoms with Crippen LogP contribution >= 0.6 is 11.3 Å². The van der Waals surface area contributed by atoms with E-state index < -0.39 is 0 Å². The van der Waals surface area contributed by atoms with Gasteiger partial charge < -0.3 is 0 Å². The van der Waals surface area contributed by atoms with Gasteiger partial charge in [-0.1, -0.05) is 5.92 Å². The van der Waals surface area contributed by atoms with Gasteiger partial charge >= 0.3 is 0 Å². The van der Waals surface area contributed by atoms with E-state index in [9.17, 15) is 4.79 Å². The van der Waals surface area contributed by atoms with Gasteiger partial charge in [-0.3, -0.25) is 4.79 Å². The second-order valence-corrected chi connectivity index (χ2v) is 2.78. The average Bonchev–Trinajstić information content (AvgIpc) is 2.33. The summed E-state index contributed by atoms with van der Waals surface area (Å²) in [7, 11) is 0. The first-order valence-corrected chi connectivity index (χ1v) is 3.68. The normalized spacial score (nSPS) is 8.80. The van der Waals surface area contributed by atoms with E-state index in [4.69, 9.17) is 6.42 Å². The fraction of sp³-hybridized carbons (Fsp3) is 0.125. The largest absolute Gasteiger partial charge is 0.294 e. The number of thiophene rings is 1. The molecule has 50 valence electrons. The molecule has 1 rings (SSSR count). The number of terminal acetylenes is 1. The molecule has 0 spiro atoms. The molecule has 0 aliphatic carbocycles. The zero-order valence-corrected chi connectivity index (χ0v) is 6.37. The van der Waals surface area contributed by atoms with Crippen molar-refractivity contribution in [3.8, 4) is 12.3 Å². The van der Waals surface area contributed by atoms with E-state index in [0.29, 0.717) is 10.4 Å². The maximum atomic E-state index is 10.8. The zero-order valence-electron chi connectivity index (χ0n) is 5.55. The highest BCUT2D eigenvalue weighted by Gasteiger charge is 2.04. The van der Waals surface area contributed by atoms with Crippen molar-refractivity contribution in [1.29, 1.82) is 0 Å². The van der Waals surface area contributed by atoms with Gasteiger partial charge in [0.05, 0.1) is 4.88 Å². The van der Waals surface area contributed by atoms with Gasteiger partial charge in [0, 0.05) is 5.56 Å². The lowest BCUT2D eigenvalue weighted by atomic mass is 10.2. The predicted molar refractivity (Wildman–Crippen MR) is 42.3 cm³/mol. The molecule has 1 aromatic rings. The molecule has 0 N–H and O–H groups in total. The van der Waals surface area contributed by atoms with Crippen LogP contribution in [0, 0.1) is 12.3 Å². The monoisotopic (exact) mass is 150 g/mol. The Morgan fingerprint density at radius 3 is 2.90 bits per heavy atom. The Hall–Kier alpha value is -1.07. The molecule has 0 aliphatic heterocycles. The van der Waals surface area contributed by atoms with Gasteiger partial charge in [-0.15, -0.1) is 17.8 Å². The summed E-state index contributed by atoms with van der Waals surface area (Å²) in [5, 5.41) is 1.83. The van der Waals surface area contributed by atoms with E-state index in [1.165, 1.54) is 18.3 Å². The second-order valence-electron chi connectivity index (χ2n) is 1.86. The first-order chi connectivity index (χ1) is 4.75. The van der Waals surface area contributed by atoms with Gasteiger partial charge in [0.15, 0.2) is 5.78 Å². The van der Waals surface area contributed by atoms with Crippen molar-refractivity contribution in [3.05, 3.63) is 21.9 Å². The van der Waals surface area contributed by atoms with Crippen molar-refractivity contribution in [3.63, 3.8) is 0 Å².